The first-order chi connectivity index (χ1) is 8.15. The van der Waals surface area contributed by atoms with E-state index in [9.17, 15) is 9.59 Å². The maximum Gasteiger partial charge on any atom is 0.328 e. The van der Waals surface area contributed by atoms with Crippen molar-refractivity contribution < 1.29 is 19.1 Å². The molecule has 0 amide bonds. The van der Waals surface area contributed by atoms with Crippen molar-refractivity contribution in [2.24, 2.45) is 0 Å². The Bertz CT molecular complexity index is 397. The number of hydrogen-bond acceptors (Lipinski definition) is 4. The third-order valence-electron chi connectivity index (χ3n) is 2.54. The average Bonchev–Trinajstić information content (AvgIpc) is 2.77. The molecule has 1 heterocycles. The van der Waals surface area contributed by atoms with Crippen molar-refractivity contribution in [3.63, 3.8) is 0 Å². The zero-order valence-electron chi connectivity index (χ0n) is 10.3. The molecule has 0 aliphatic carbocycles. The van der Waals surface area contributed by atoms with Crippen LogP contribution in [-0.4, -0.2) is 30.5 Å². The number of esters is 1. The van der Waals surface area contributed by atoms with Gasteiger partial charge < -0.3 is 14.0 Å². The molecule has 0 spiro atoms. The van der Waals surface area contributed by atoms with Gasteiger partial charge in [0.15, 0.2) is 6.29 Å². The largest absolute Gasteiger partial charge is 0.467 e. The average molecular weight is 239 g/mol. The highest BCUT2D eigenvalue weighted by atomic mass is 16.5. The van der Waals surface area contributed by atoms with E-state index in [4.69, 9.17) is 4.74 Å². The number of carbonyl (C=O) groups excluding carboxylic acids is 2. The van der Waals surface area contributed by atoms with Crippen LogP contribution in [0.4, 0.5) is 0 Å². The predicted octanol–water partition coefficient (Wildman–Crippen LogP) is 1.57. The maximum absolute atomic E-state index is 11.5. The quantitative estimate of drug-likeness (QED) is 0.558. The minimum absolute atomic E-state index is 0.367. The lowest BCUT2D eigenvalue weighted by atomic mass is 10.3. The molecule has 1 rings (SSSR count). The first-order valence-corrected chi connectivity index (χ1v) is 5.46. The highest BCUT2D eigenvalue weighted by Gasteiger charge is 2.20. The molecule has 0 N–H and O–H groups in total. The lowest BCUT2D eigenvalue weighted by molar-refractivity contribution is -0.144. The van der Waals surface area contributed by atoms with E-state index in [2.05, 4.69) is 4.74 Å². The molecule has 5 heteroatoms. The summed E-state index contributed by atoms with van der Waals surface area (Å²) in [5.74, 6) is -0.387. The summed E-state index contributed by atoms with van der Waals surface area (Å²) >= 11 is 0. The molecule has 0 aliphatic heterocycles. The fourth-order valence-corrected chi connectivity index (χ4v) is 1.68. The van der Waals surface area contributed by atoms with Gasteiger partial charge in [-0.2, -0.15) is 0 Å². The van der Waals surface area contributed by atoms with Gasteiger partial charge in [0.05, 0.1) is 19.4 Å². The topological polar surface area (TPSA) is 57.5 Å². The van der Waals surface area contributed by atoms with Gasteiger partial charge in [-0.05, 0) is 26.0 Å². The van der Waals surface area contributed by atoms with Crippen LogP contribution in [-0.2, 0) is 20.9 Å². The Morgan fingerprint density at radius 1 is 1.53 bits per heavy atom. The molecule has 1 aromatic heterocycles. The summed E-state index contributed by atoms with van der Waals surface area (Å²) in [7, 11) is 1.32. The number of methoxy groups -OCH3 is 1. The zero-order valence-corrected chi connectivity index (χ0v) is 10.3. The summed E-state index contributed by atoms with van der Waals surface area (Å²) in [6.45, 7) is 4.52. The molecule has 5 nitrogen and oxygen atoms in total. The van der Waals surface area contributed by atoms with Crippen LogP contribution in [0.5, 0.6) is 0 Å². The molecule has 0 aromatic carbocycles. The molecule has 0 radical (unpaired) electrons. The fraction of sp³-hybridized carbons (Fsp3) is 0.500. The van der Waals surface area contributed by atoms with Crippen LogP contribution in [0.2, 0.25) is 0 Å². The third kappa shape index (κ3) is 2.94. The number of ether oxygens (including phenoxy) is 2. The second kappa shape index (κ2) is 6.20. The van der Waals surface area contributed by atoms with Gasteiger partial charge in [0.1, 0.15) is 6.04 Å². The Morgan fingerprint density at radius 2 is 2.24 bits per heavy atom. The monoisotopic (exact) mass is 239 g/mol. The van der Waals surface area contributed by atoms with Gasteiger partial charge >= 0.3 is 5.97 Å². The van der Waals surface area contributed by atoms with Gasteiger partial charge in [-0.15, -0.1) is 0 Å². The molecule has 0 aliphatic rings. The SMILES string of the molecule is CCOCc1ccc(C=O)n1[C@@H](C)C(=O)OC. The fourth-order valence-electron chi connectivity index (χ4n) is 1.68. The number of aldehydes is 1. The number of hydrogen-bond donors (Lipinski definition) is 0. The minimum atomic E-state index is -0.536. The second-order valence-corrected chi connectivity index (χ2v) is 3.57. The van der Waals surface area contributed by atoms with Crippen LogP contribution in [0, 0.1) is 0 Å². The Hall–Kier alpha value is -1.62. The molecule has 17 heavy (non-hydrogen) atoms. The summed E-state index contributed by atoms with van der Waals surface area (Å²) in [5.41, 5.74) is 1.23. The molecule has 0 fully saturated rings. The zero-order chi connectivity index (χ0) is 12.8. The number of aromatic nitrogens is 1. The Kier molecular flexibility index (Phi) is 4.90. The van der Waals surface area contributed by atoms with E-state index in [1.54, 1.807) is 23.6 Å². The lowest BCUT2D eigenvalue weighted by Gasteiger charge is -2.16. The summed E-state index contributed by atoms with van der Waals surface area (Å²) < 4.78 is 11.6. The maximum atomic E-state index is 11.5. The van der Waals surface area contributed by atoms with E-state index >= 15 is 0 Å². The van der Waals surface area contributed by atoms with E-state index < -0.39 is 6.04 Å². The Labute approximate surface area is 100 Å². The molecule has 1 aromatic rings. The summed E-state index contributed by atoms with van der Waals surface area (Å²) in [6.07, 6.45) is 0.717. The van der Waals surface area contributed by atoms with Gasteiger partial charge in [-0.3, -0.25) is 4.79 Å². The van der Waals surface area contributed by atoms with Crippen molar-refractivity contribution >= 4 is 12.3 Å². The lowest BCUT2D eigenvalue weighted by Crippen LogP contribution is -2.21. The van der Waals surface area contributed by atoms with E-state index in [-0.39, 0.29) is 5.97 Å². The van der Waals surface area contributed by atoms with Crippen LogP contribution in [0.15, 0.2) is 12.1 Å². The second-order valence-electron chi connectivity index (χ2n) is 3.57. The number of nitrogens with zero attached hydrogens (tertiary/aromatic N) is 1. The standard InChI is InChI=1S/C12H17NO4/c1-4-17-8-11-6-5-10(7-14)13(11)9(2)12(15)16-3/h5-7,9H,4,8H2,1-3H3/t9-/m0/s1. The molecule has 0 bridgehead atoms. The Morgan fingerprint density at radius 3 is 2.76 bits per heavy atom. The molecular weight excluding hydrogens is 222 g/mol. The molecule has 1 atom stereocenters. The van der Waals surface area contributed by atoms with E-state index in [1.807, 2.05) is 6.92 Å². The van der Waals surface area contributed by atoms with Crippen molar-refractivity contribution in [1.82, 2.24) is 4.57 Å². The third-order valence-corrected chi connectivity index (χ3v) is 2.54. The molecule has 94 valence electrons. The molecule has 0 unspecified atom stereocenters. The summed E-state index contributed by atoms with van der Waals surface area (Å²) in [6, 6.07) is 2.91. The van der Waals surface area contributed by atoms with Crippen LogP contribution in [0.25, 0.3) is 0 Å². The first-order valence-electron chi connectivity index (χ1n) is 5.46. The van der Waals surface area contributed by atoms with Gasteiger partial charge in [0, 0.05) is 12.3 Å². The summed E-state index contributed by atoms with van der Waals surface area (Å²) in [5, 5.41) is 0. The van der Waals surface area contributed by atoms with Crippen molar-refractivity contribution in [2.75, 3.05) is 13.7 Å². The van der Waals surface area contributed by atoms with Crippen molar-refractivity contribution in [2.45, 2.75) is 26.5 Å². The van der Waals surface area contributed by atoms with Crippen molar-refractivity contribution in [3.8, 4) is 0 Å². The summed E-state index contributed by atoms with van der Waals surface area (Å²) in [4.78, 5) is 22.4. The predicted molar refractivity (Wildman–Crippen MR) is 61.9 cm³/mol. The van der Waals surface area contributed by atoms with Crippen molar-refractivity contribution in [1.29, 1.82) is 0 Å². The van der Waals surface area contributed by atoms with Gasteiger partial charge in [0.25, 0.3) is 0 Å². The normalized spacial score (nSPS) is 12.2. The highest BCUT2D eigenvalue weighted by molar-refractivity contribution is 5.78. The Balaban J connectivity index is 3.04. The van der Waals surface area contributed by atoms with Crippen LogP contribution in [0.1, 0.15) is 36.1 Å². The van der Waals surface area contributed by atoms with Crippen molar-refractivity contribution in [3.05, 3.63) is 23.5 Å². The minimum Gasteiger partial charge on any atom is -0.467 e. The molecule has 0 saturated heterocycles. The van der Waals surface area contributed by atoms with E-state index in [0.29, 0.717) is 18.9 Å². The van der Waals surface area contributed by atoms with E-state index in [1.165, 1.54) is 7.11 Å². The van der Waals surface area contributed by atoms with Crippen LogP contribution in [0.3, 0.4) is 0 Å². The van der Waals surface area contributed by atoms with E-state index in [0.717, 1.165) is 12.0 Å². The van der Waals surface area contributed by atoms with Crippen LogP contribution >= 0.6 is 0 Å². The number of rotatable bonds is 6. The van der Waals surface area contributed by atoms with Gasteiger partial charge in [-0.25, -0.2) is 4.79 Å². The van der Waals surface area contributed by atoms with Crippen LogP contribution < -0.4 is 0 Å². The molecular formula is C12H17NO4. The highest BCUT2D eigenvalue weighted by Crippen LogP contribution is 2.17. The van der Waals surface area contributed by atoms with Gasteiger partial charge in [0.2, 0.25) is 0 Å². The smallest absolute Gasteiger partial charge is 0.328 e. The number of carbonyl (C=O) groups is 2. The molecule has 0 saturated carbocycles. The first kappa shape index (κ1) is 13.4. The van der Waals surface area contributed by atoms with Gasteiger partial charge in [-0.1, -0.05) is 0 Å².